The number of hydrogen-bond acceptors (Lipinski definition) is 2. The number of hydrogen-bond donors (Lipinski definition) is 2. The van der Waals surface area contributed by atoms with E-state index in [1.807, 2.05) is 0 Å². The van der Waals surface area contributed by atoms with E-state index in [4.69, 9.17) is 9.79 Å². The Bertz CT molecular complexity index is 939. The zero-order chi connectivity index (χ0) is 33.0. The van der Waals surface area contributed by atoms with E-state index in [1.54, 1.807) is 0 Å². The highest BCUT2D eigenvalue weighted by atomic mass is 32.2. The van der Waals surface area contributed by atoms with Crippen molar-refractivity contribution in [3.05, 3.63) is 0 Å². The molecule has 0 spiro atoms. The lowest BCUT2D eigenvalue weighted by Crippen LogP contribution is -2.76. The highest BCUT2D eigenvalue weighted by Crippen LogP contribution is 2.66. The molecular formula is C14H10F21O3PS. The Kier molecular flexibility index (Phi) is 10.4. The fourth-order valence-corrected chi connectivity index (χ4v) is 4.31. The quantitative estimate of drug-likeness (QED) is 0.112. The zero-order valence-corrected chi connectivity index (χ0v) is 19.6. The number of halogens is 21. The lowest BCUT2D eigenvalue weighted by atomic mass is 9.86. The molecule has 0 fully saturated rings. The van der Waals surface area contributed by atoms with Gasteiger partial charge in [0.2, 0.25) is 0 Å². The van der Waals surface area contributed by atoms with Crippen LogP contribution in [0.1, 0.15) is 6.42 Å². The summed E-state index contributed by atoms with van der Waals surface area (Å²) in [6.45, 7) is 0. The van der Waals surface area contributed by atoms with E-state index in [1.165, 1.54) is 0 Å². The van der Waals surface area contributed by atoms with Crippen LogP contribution in [-0.2, 0) is 4.57 Å². The van der Waals surface area contributed by atoms with Gasteiger partial charge >= 0.3 is 67.1 Å². The summed E-state index contributed by atoms with van der Waals surface area (Å²) in [5, 5.41) is 0. The van der Waals surface area contributed by atoms with E-state index in [-0.39, 0.29) is 11.8 Å². The van der Waals surface area contributed by atoms with E-state index >= 15 is 0 Å². The Morgan fingerprint density at radius 1 is 0.450 bits per heavy atom. The SMILES string of the molecule is O=P(O)(O)CCSCCC(F)(F)C(F)(F)C(F)(F)C(F)(F)C(F)(F)C(F)(F)C(F)(F)C(F)(F)C(F)(F)C(F)(F)F. The van der Waals surface area contributed by atoms with Crippen LogP contribution in [0, 0.1) is 0 Å². The van der Waals surface area contributed by atoms with Crippen molar-refractivity contribution in [3.63, 3.8) is 0 Å². The van der Waals surface area contributed by atoms with Crippen LogP contribution >= 0.6 is 19.4 Å². The highest BCUT2D eigenvalue weighted by molar-refractivity contribution is 7.99. The van der Waals surface area contributed by atoms with Gasteiger partial charge in [-0.05, 0) is 5.75 Å². The van der Waals surface area contributed by atoms with Crippen LogP contribution in [0.2, 0.25) is 0 Å². The Morgan fingerprint density at radius 3 is 1.00 bits per heavy atom. The van der Waals surface area contributed by atoms with Crippen molar-refractivity contribution in [1.82, 2.24) is 0 Å². The average molecular weight is 688 g/mol. The fourth-order valence-electron chi connectivity index (χ4n) is 2.23. The van der Waals surface area contributed by atoms with Crippen molar-refractivity contribution in [3.8, 4) is 0 Å². The molecule has 0 rings (SSSR count). The summed E-state index contributed by atoms with van der Waals surface area (Å²) < 4.78 is 288. The molecule has 0 amide bonds. The largest absolute Gasteiger partial charge is 0.460 e. The molecule has 0 unspecified atom stereocenters. The van der Waals surface area contributed by atoms with Crippen molar-refractivity contribution in [2.45, 2.75) is 65.9 Å². The topological polar surface area (TPSA) is 57.5 Å². The van der Waals surface area contributed by atoms with Gasteiger partial charge in [-0.25, -0.2) is 0 Å². The van der Waals surface area contributed by atoms with Gasteiger partial charge in [-0.15, -0.1) is 0 Å². The Hall–Kier alpha value is -0.970. The van der Waals surface area contributed by atoms with Gasteiger partial charge in [-0.1, -0.05) is 0 Å². The van der Waals surface area contributed by atoms with E-state index in [9.17, 15) is 96.8 Å². The van der Waals surface area contributed by atoms with Gasteiger partial charge in [0.15, 0.2) is 0 Å². The molecule has 40 heavy (non-hydrogen) atoms. The van der Waals surface area contributed by atoms with E-state index in [0.717, 1.165) is 0 Å². The minimum Gasteiger partial charge on any atom is -0.324 e. The predicted octanol–water partition coefficient (Wildman–Crippen LogP) is 7.57. The summed E-state index contributed by atoms with van der Waals surface area (Å²) >= 11 is -0.190. The molecule has 242 valence electrons. The summed E-state index contributed by atoms with van der Waals surface area (Å²) in [5.41, 5.74) is 0. The van der Waals surface area contributed by atoms with Gasteiger partial charge in [-0.2, -0.15) is 104 Å². The molecule has 0 radical (unpaired) electrons. The molecule has 26 heteroatoms. The Morgan fingerprint density at radius 2 is 0.725 bits per heavy atom. The van der Waals surface area contributed by atoms with E-state index in [0.29, 0.717) is 0 Å². The highest BCUT2D eigenvalue weighted by Gasteiger charge is 2.97. The van der Waals surface area contributed by atoms with Crippen LogP contribution in [0.3, 0.4) is 0 Å². The van der Waals surface area contributed by atoms with Crippen LogP contribution < -0.4 is 0 Å². The lowest BCUT2D eigenvalue weighted by molar-refractivity contribution is -0.474. The smallest absolute Gasteiger partial charge is 0.324 e. The minimum absolute atomic E-state index is 0.190. The molecule has 0 aromatic carbocycles. The lowest BCUT2D eigenvalue weighted by Gasteiger charge is -2.44. The van der Waals surface area contributed by atoms with Crippen LogP contribution in [0.25, 0.3) is 0 Å². The first-order chi connectivity index (χ1) is 17.0. The van der Waals surface area contributed by atoms with E-state index in [2.05, 4.69) is 0 Å². The second-order valence-electron chi connectivity index (χ2n) is 7.55. The molecule has 2 N–H and O–H groups in total. The van der Waals surface area contributed by atoms with Crippen molar-refractivity contribution >= 4 is 19.4 Å². The summed E-state index contributed by atoms with van der Waals surface area (Å²) in [4.78, 5) is 16.9. The van der Waals surface area contributed by atoms with Crippen molar-refractivity contribution < 1.29 is 107 Å². The second kappa shape index (κ2) is 10.6. The van der Waals surface area contributed by atoms with Gasteiger partial charge in [0, 0.05) is 12.2 Å². The number of alkyl halides is 21. The maximum absolute atomic E-state index is 13.7. The average Bonchev–Trinajstić information content (AvgIpc) is 2.70. The van der Waals surface area contributed by atoms with Gasteiger partial charge in [0.05, 0.1) is 6.16 Å². The van der Waals surface area contributed by atoms with Gasteiger partial charge in [0.1, 0.15) is 0 Å². The van der Waals surface area contributed by atoms with Gasteiger partial charge in [-0.3, -0.25) is 4.57 Å². The third kappa shape index (κ3) is 5.93. The molecule has 0 bridgehead atoms. The molecule has 0 saturated carbocycles. The van der Waals surface area contributed by atoms with Crippen LogP contribution in [0.5, 0.6) is 0 Å². The van der Waals surface area contributed by atoms with Crippen molar-refractivity contribution in [2.75, 3.05) is 17.7 Å². The molecule has 0 saturated heterocycles. The normalized spacial score (nSPS) is 16.5. The summed E-state index contributed by atoms with van der Waals surface area (Å²) in [6.07, 6.45) is -12.0. The summed E-state index contributed by atoms with van der Waals surface area (Å²) in [6, 6.07) is 0. The minimum atomic E-state index is -9.21. The summed E-state index contributed by atoms with van der Waals surface area (Å²) in [7, 11) is -4.86. The standard InChI is InChI=1S/C14H10F21O3PS/c15-5(16,1-3-40-4-2-39(36,37)38)6(17,18)7(19,20)8(21,22)9(23,24)10(25,26)11(27,28)12(29,30)13(31,32)14(33,34)35/h1-4H2,(H2,36,37,38). The fraction of sp³-hybridized carbons (Fsp3) is 1.00. The molecule has 0 aliphatic rings. The first kappa shape index (κ1) is 39.0. The Balaban J connectivity index is 6.59. The molecule has 0 aromatic heterocycles. The second-order valence-corrected chi connectivity index (χ2v) is 10.5. The number of thioether (sulfide) groups is 1. The maximum Gasteiger partial charge on any atom is 0.460 e. The molecule has 0 aromatic rings. The van der Waals surface area contributed by atoms with Crippen molar-refractivity contribution in [1.29, 1.82) is 0 Å². The molecule has 0 atom stereocenters. The van der Waals surface area contributed by atoms with Crippen LogP contribution in [-0.4, -0.2) is 86.9 Å². The first-order valence-electron chi connectivity index (χ1n) is 9.05. The predicted molar refractivity (Wildman–Crippen MR) is 89.4 cm³/mol. The summed E-state index contributed by atoms with van der Waals surface area (Å²) in [5.74, 6) is -79.8. The molecule has 0 aliphatic carbocycles. The number of rotatable bonds is 14. The molecule has 3 nitrogen and oxygen atoms in total. The van der Waals surface area contributed by atoms with Gasteiger partial charge < -0.3 is 9.79 Å². The molecular weight excluding hydrogens is 678 g/mol. The molecule has 0 aliphatic heterocycles. The van der Waals surface area contributed by atoms with Crippen LogP contribution in [0.4, 0.5) is 92.2 Å². The first-order valence-corrected chi connectivity index (χ1v) is 12.0. The third-order valence-electron chi connectivity index (χ3n) is 4.66. The van der Waals surface area contributed by atoms with Gasteiger partial charge in [0.25, 0.3) is 0 Å². The van der Waals surface area contributed by atoms with Crippen molar-refractivity contribution in [2.24, 2.45) is 0 Å². The molecule has 0 heterocycles. The Labute approximate surface area is 210 Å². The monoisotopic (exact) mass is 688 g/mol. The van der Waals surface area contributed by atoms with E-state index < -0.39 is 91.2 Å². The maximum atomic E-state index is 13.7. The third-order valence-corrected chi connectivity index (χ3v) is 6.76. The zero-order valence-electron chi connectivity index (χ0n) is 17.9. The van der Waals surface area contributed by atoms with Crippen LogP contribution in [0.15, 0.2) is 0 Å².